The summed E-state index contributed by atoms with van der Waals surface area (Å²) in [6.45, 7) is 43.5. The van der Waals surface area contributed by atoms with Crippen molar-refractivity contribution in [3.8, 4) is 112 Å². The second-order valence-electron chi connectivity index (χ2n) is 31.1. The quantitative estimate of drug-likeness (QED) is 0.0899. The van der Waals surface area contributed by atoms with Crippen LogP contribution in [-0.4, -0.2) is 22.4 Å². The van der Waals surface area contributed by atoms with Crippen LogP contribution in [0.1, 0.15) is 158 Å². The molecule has 0 spiro atoms. The molecule has 0 unspecified atom stereocenters. The molecule has 492 valence electrons. The number of halogens is 2. The highest BCUT2D eigenvalue weighted by atomic mass is 19.1. The molecule has 0 saturated carbocycles. The molecule has 10 aromatic carbocycles. The van der Waals surface area contributed by atoms with Gasteiger partial charge in [-0.05, 0) is 312 Å². The van der Waals surface area contributed by atoms with Crippen LogP contribution in [0.4, 0.5) is 8.78 Å². The number of aromatic hydroxyl groups is 2. The predicted octanol–water partition coefficient (Wildman–Crippen LogP) is 25.2. The lowest BCUT2D eigenvalue weighted by Crippen LogP contribution is -2.25. The van der Waals surface area contributed by atoms with E-state index < -0.39 is 23.8 Å². The zero-order valence-electron chi connectivity index (χ0n) is 59.9. The van der Waals surface area contributed by atoms with Gasteiger partial charge in [0, 0.05) is 39.8 Å². The number of aryl methyl sites for hydroxylation is 8. The minimum atomic E-state index is -0.508. The normalized spacial score (nSPS) is 12.9. The number of benzene rings is 10. The molecular formula is C89H98F2O4. The topological polar surface area (TPSA) is 58.9 Å². The molecule has 6 heteroatoms. The number of hydrogen-bond acceptors (Lipinski definition) is 4. The summed E-state index contributed by atoms with van der Waals surface area (Å²) in [5.74, 6) is -0.107. The van der Waals surface area contributed by atoms with E-state index in [9.17, 15) is 10.2 Å². The Hall–Kier alpha value is -8.74. The van der Waals surface area contributed by atoms with E-state index >= 15 is 8.78 Å². The van der Waals surface area contributed by atoms with Gasteiger partial charge in [-0.1, -0.05) is 142 Å². The molecule has 0 heterocycles. The maximum Gasteiger partial charge on any atom is 0.131 e. The van der Waals surface area contributed by atoms with Gasteiger partial charge in [0.05, 0.1) is 12.2 Å². The first-order valence-corrected chi connectivity index (χ1v) is 33.8. The van der Waals surface area contributed by atoms with Gasteiger partial charge in [0.25, 0.3) is 0 Å². The lowest BCUT2D eigenvalue weighted by atomic mass is 9.71. The van der Waals surface area contributed by atoms with Crippen LogP contribution in [0.5, 0.6) is 23.0 Å². The molecule has 0 aliphatic heterocycles. The van der Waals surface area contributed by atoms with Gasteiger partial charge in [0.2, 0.25) is 0 Å². The molecule has 0 fully saturated rings. The maximum atomic E-state index is 16.1. The van der Waals surface area contributed by atoms with Gasteiger partial charge in [-0.25, -0.2) is 8.78 Å². The van der Waals surface area contributed by atoms with Gasteiger partial charge < -0.3 is 19.7 Å². The van der Waals surface area contributed by atoms with E-state index in [2.05, 4.69) is 246 Å². The molecule has 0 bridgehead atoms. The fourth-order valence-electron chi connectivity index (χ4n) is 15.6. The Balaban J connectivity index is 1.06. The van der Waals surface area contributed by atoms with Crippen molar-refractivity contribution in [1.29, 1.82) is 0 Å². The summed E-state index contributed by atoms with van der Waals surface area (Å²) < 4.78 is 46.1. The Labute approximate surface area is 566 Å². The highest BCUT2D eigenvalue weighted by molar-refractivity contribution is 5.93. The third kappa shape index (κ3) is 15.2. The van der Waals surface area contributed by atoms with E-state index in [4.69, 9.17) is 9.47 Å². The Bertz CT molecular complexity index is 4040. The summed E-state index contributed by atoms with van der Waals surface area (Å²) in [6.07, 6.45) is 1.00. The number of ether oxygens (including phenoxy) is 2. The predicted molar refractivity (Wildman–Crippen MR) is 397 cm³/mol. The molecule has 0 saturated heterocycles. The van der Waals surface area contributed by atoms with Gasteiger partial charge >= 0.3 is 0 Å². The lowest BCUT2D eigenvalue weighted by Gasteiger charge is -2.34. The van der Waals surface area contributed by atoms with Gasteiger partial charge in [0.15, 0.2) is 0 Å². The average molecular weight is 1270 g/mol. The average Bonchev–Trinajstić information content (AvgIpc) is 0.766. The van der Waals surface area contributed by atoms with E-state index in [0.29, 0.717) is 51.3 Å². The largest absolute Gasteiger partial charge is 0.507 e. The number of rotatable bonds is 18. The molecule has 0 aliphatic carbocycles. The Morgan fingerprint density at radius 3 is 0.842 bits per heavy atom. The summed E-state index contributed by atoms with van der Waals surface area (Å²) in [7, 11) is 0. The first-order valence-electron chi connectivity index (χ1n) is 33.8. The Morgan fingerprint density at radius 2 is 0.579 bits per heavy atom. The van der Waals surface area contributed by atoms with E-state index in [1.165, 1.54) is 24.3 Å². The van der Waals surface area contributed by atoms with Crippen molar-refractivity contribution in [1.82, 2.24) is 0 Å². The van der Waals surface area contributed by atoms with Crippen LogP contribution in [0.3, 0.4) is 0 Å². The Kier molecular flexibility index (Phi) is 19.5. The second kappa shape index (κ2) is 26.8. The summed E-state index contributed by atoms with van der Waals surface area (Å²) in [6, 6.07) is 56.1. The first-order chi connectivity index (χ1) is 44.6. The highest BCUT2D eigenvalue weighted by Crippen LogP contribution is 2.52. The second-order valence-corrected chi connectivity index (χ2v) is 31.1. The van der Waals surface area contributed by atoms with Crippen LogP contribution < -0.4 is 9.47 Å². The summed E-state index contributed by atoms with van der Waals surface area (Å²) in [4.78, 5) is 0. The van der Waals surface area contributed by atoms with E-state index in [1.54, 1.807) is 12.1 Å². The van der Waals surface area contributed by atoms with E-state index in [-0.39, 0.29) is 33.2 Å². The minimum absolute atomic E-state index is 0.0169. The van der Waals surface area contributed by atoms with Crippen molar-refractivity contribution in [3.05, 3.63) is 237 Å². The van der Waals surface area contributed by atoms with Gasteiger partial charge in [-0.3, -0.25) is 0 Å². The molecule has 2 N–H and O–H groups in total. The van der Waals surface area contributed by atoms with Gasteiger partial charge in [-0.15, -0.1) is 0 Å². The smallest absolute Gasteiger partial charge is 0.131 e. The van der Waals surface area contributed by atoms with Crippen LogP contribution in [0.15, 0.2) is 170 Å². The molecule has 0 aromatic heterocycles. The molecule has 4 nitrogen and oxygen atoms in total. The molecular weight excluding hydrogens is 1170 g/mol. The van der Waals surface area contributed by atoms with E-state index in [0.717, 1.165) is 124 Å². The van der Waals surface area contributed by atoms with Crippen molar-refractivity contribution < 1.29 is 28.5 Å². The zero-order chi connectivity index (χ0) is 69.0. The van der Waals surface area contributed by atoms with Crippen LogP contribution in [0.25, 0.3) is 89.0 Å². The van der Waals surface area contributed by atoms with Crippen molar-refractivity contribution in [3.63, 3.8) is 0 Å². The molecule has 10 rings (SSSR count). The molecule has 0 aliphatic rings. The molecule has 95 heavy (non-hydrogen) atoms. The highest BCUT2D eigenvalue weighted by Gasteiger charge is 2.33. The maximum absolute atomic E-state index is 16.1. The van der Waals surface area contributed by atoms with Crippen LogP contribution in [-0.2, 0) is 10.8 Å². The SMILES string of the molecule is Cc1cccc(C)c1-c1cc(-c2cc(C(C)(C)CC(C)(C)C)cc(-c3cc(F)ccc3O[C@H](C)C[C@H](C)Oc3ccc(F)cc3-c3cc(C(C)(C)CC(C)(C)C)cc(-c4cc(-c5c(C)cccc5C)cc(-c5c(C)cccc5C)c4)c3O)c2O)cc(-c2c(C)cccc2C)c1. The fourth-order valence-corrected chi connectivity index (χ4v) is 15.6. The monoisotopic (exact) mass is 1270 g/mol. The van der Waals surface area contributed by atoms with Crippen molar-refractivity contribution >= 4 is 0 Å². The van der Waals surface area contributed by atoms with Crippen molar-refractivity contribution in [2.24, 2.45) is 10.8 Å². The van der Waals surface area contributed by atoms with Gasteiger partial charge in [0.1, 0.15) is 34.6 Å². The van der Waals surface area contributed by atoms with Gasteiger partial charge in [-0.2, -0.15) is 0 Å². The third-order valence-corrected chi connectivity index (χ3v) is 19.1. The zero-order valence-corrected chi connectivity index (χ0v) is 59.9. The van der Waals surface area contributed by atoms with Crippen LogP contribution in [0.2, 0.25) is 0 Å². The molecule has 10 aromatic rings. The molecule has 0 amide bonds. The van der Waals surface area contributed by atoms with Crippen molar-refractivity contribution in [2.75, 3.05) is 0 Å². The van der Waals surface area contributed by atoms with Crippen molar-refractivity contribution in [2.45, 2.75) is 181 Å². The number of hydrogen-bond donors (Lipinski definition) is 2. The van der Waals surface area contributed by atoms with Crippen LogP contribution >= 0.6 is 0 Å². The number of phenols is 2. The Morgan fingerprint density at radius 1 is 0.326 bits per heavy atom. The standard InChI is InChI=1S/C89H98F2O4/c1-52-25-21-26-53(2)80(52)64-38-62(39-65(42-64)81-54(3)27-22-28-55(81)4)72-44-68(88(17,18)50-86(11,12)13)46-76(84(72)92)74-48-70(90)33-35-78(74)94-60(9)37-61(10)95-79-36-34-71(91)49-75(79)77-47-69(89(19,20)51-87(14,15)16)45-73(85(77)93)63-40-66(82-56(5)29-23-30-57(82)6)43-67(41-63)83-58(7)31-24-32-59(83)8/h21-36,38-49,60-61,92-93H,37,50-51H2,1-20H3/t60-,61+. The summed E-state index contributed by atoms with van der Waals surface area (Å²) >= 11 is 0. The summed E-state index contributed by atoms with van der Waals surface area (Å²) in [5.41, 5.74) is 23.7. The number of phenolic OH excluding ortho intramolecular Hbond substituents is 2. The third-order valence-electron chi connectivity index (χ3n) is 19.1. The van der Waals surface area contributed by atoms with Crippen LogP contribution in [0, 0.1) is 77.9 Å². The molecule has 0 radical (unpaired) electrons. The first kappa shape index (κ1) is 69.1. The fraction of sp³-hybridized carbons (Fsp3) is 0.326. The summed E-state index contributed by atoms with van der Waals surface area (Å²) in [5, 5.41) is 26.2. The molecule has 2 atom stereocenters. The minimum Gasteiger partial charge on any atom is -0.507 e. The van der Waals surface area contributed by atoms with E-state index in [1.807, 2.05) is 26.0 Å². The lowest BCUT2D eigenvalue weighted by molar-refractivity contribution is 0.131.